The average Bonchev–Trinajstić information content (AvgIpc) is 2.74. The summed E-state index contributed by atoms with van der Waals surface area (Å²) in [5.41, 5.74) is 3.37. The summed E-state index contributed by atoms with van der Waals surface area (Å²) in [7, 11) is 0. The molecule has 3 rings (SSSR count). The predicted molar refractivity (Wildman–Crippen MR) is 120 cm³/mol. The van der Waals surface area contributed by atoms with E-state index in [-0.39, 0.29) is 17.9 Å². The summed E-state index contributed by atoms with van der Waals surface area (Å²) in [4.78, 5) is 29.4. The number of aryl methyl sites for hydroxylation is 1. The summed E-state index contributed by atoms with van der Waals surface area (Å²) < 4.78 is 0. The summed E-state index contributed by atoms with van der Waals surface area (Å²) in [6.07, 6.45) is 0.445. The molecule has 0 spiro atoms. The Hall–Kier alpha value is -2.66. The molecule has 1 saturated heterocycles. The highest BCUT2D eigenvalue weighted by Gasteiger charge is 2.24. The highest BCUT2D eigenvalue weighted by atomic mass is 16.2. The molecule has 0 aromatic heterocycles. The van der Waals surface area contributed by atoms with Crippen LogP contribution in [0.25, 0.3) is 0 Å². The van der Waals surface area contributed by atoms with Gasteiger partial charge in [-0.15, -0.1) is 0 Å². The standard InChI is InChI=1S/C25H33N3O2/c1-19(2)25(21-10-5-4-6-11-21)26-23(29)18-27-13-15-28(16-14-27)24(30)17-22-12-8-7-9-20(22)3/h4-12,19,25H,13-18H2,1-3H3,(H,26,29). The summed E-state index contributed by atoms with van der Waals surface area (Å²) >= 11 is 0. The van der Waals surface area contributed by atoms with Crippen molar-refractivity contribution in [2.45, 2.75) is 33.2 Å². The second-order valence-electron chi connectivity index (χ2n) is 8.46. The topological polar surface area (TPSA) is 52.7 Å². The van der Waals surface area contributed by atoms with E-state index in [1.807, 2.05) is 54.3 Å². The number of rotatable bonds is 7. The SMILES string of the molecule is Cc1ccccc1CC(=O)N1CCN(CC(=O)NC(c2ccccc2)C(C)C)CC1. The molecule has 1 aliphatic heterocycles. The number of benzene rings is 2. The minimum absolute atomic E-state index is 0.00989. The van der Waals surface area contributed by atoms with Crippen LogP contribution in [0.1, 0.15) is 36.6 Å². The van der Waals surface area contributed by atoms with Crippen molar-refractivity contribution >= 4 is 11.8 Å². The quantitative estimate of drug-likeness (QED) is 0.767. The Morgan fingerprint density at radius 1 is 0.933 bits per heavy atom. The maximum atomic E-state index is 12.7. The van der Waals surface area contributed by atoms with Crippen molar-refractivity contribution in [3.63, 3.8) is 0 Å². The van der Waals surface area contributed by atoms with E-state index in [0.29, 0.717) is 32.0 Å². The van der Waals surface area contributed by atoms with Crippen molar-refractivity contribution in [2.75, 3.05) is 32.7 Å². The maximum Gasteiger partial charge on any atom is 0.234 e. The van der Waals surface area contributed by atoms with Gasteiger partial charge in [0, 0.05) is 26.2 Å². The third-order valence-electron chi connectivity index (χ3n) is 5.84. The number of carbonyl (C=O) groups excluding carboxylic acids is 2. The van der Waals surface area contributed by atoms with Gasteiger partial charge in [-0.05, 0) is 29.5 Å². The largest absolute Gasteiger partial charge is 0.348 e. The van der Waals surface area contributed by atoms with Crippen LogP contribution in [0.4, 0.5) is 0 Å². The first-order valence-electron chi connectivity index (χ1n) is 10.8. The predicted octanol–water partition coefficient (Wildman–Crippen LogP) is 3.20. The Labute approximate surface area is 180 Å². The molecule has 5 nitrogen and oxygen atoms in total. The Morgan fingerprint density at radius 3 is 2.20 bits per heavy atom. The van der Waals surface area contributed by atoms with Crippen LogP contribution in [0, 0.1) is 12.8 Å². The molecule has 1 unspecified atom stereocenters. The molecule has 0 saturated carbocycles. The van der Waals surface area contributed by atoms with Gasteiger partial charge >= 0.3 is 0 Å². The number of nitrogens with one attached hydrogen (secondary N) is 1. The van der Waals surface area contributed by atoms with Crippen LogP contribution in [0.3, 0.4) is 0 Å². The number of hydrogen-bond donors (Lipinski definition) is 1. The van der Waals surface area contributed by atoms with E-state index in [1.165, 1.54) is 0 Å². The van der Waals surface area contributed by atoms with Crippen molar-refractivity contribution in [1.29, 1.82) is 0 Å². The lowest BCUT2D eigenvalue weighted by Crippen LogP contribution is -2.51. The Morgan fingerprint density at radius 2 is 1.57 bits per heavy atom. The van der Waals surface area contributed by atoms with E-state index in [9.17, 15) is 9.59 Å². The van der Waals surface area contributed by atoms with Crippen molar-refractivity contribution in [3.05, 3.63) is 71.3 Å². The van der Waals surface area contributed by atoms with Crippen LogP contribution in [0.5, 0.6) is 0 Å². The smallest absolute Gasteiger partial charge is 0.234 e. The lowest BCUT2D eigenvalue weighted by Gasteiger charge is -2.35. The van der Waals surface area contributed by atoms with Crippen molar-refractivity contribution in [2.24, 2.45) is 5.92 Å². The molecule has 0 bridgehead atoms. The van der Waals surface area contributed by atoms with E-state index in [0.717, 1.165) is 29.8 Å². The molecule has 5 heteroatoms. The lowest BCUT2D eigenvalue weighted by molar-refractivity contribution is -0.132. The fourth-order valence-electron chi connectivity index (χ4n) is 3.96. The first-order valence-corrected chi connectivity index (χ1v) is 10.8. The highest BCUT2D eigenvalue weighted by molar-refractivity contribution is 5.80. The first-order chi connectivity index (χ1) is 14.4. The summed E-state index contributed by atoms with van der Waals surface area (Å²) in [6.45, 7) is 9.45. The molecule has 1 atom stereocenters. The summed E-state index contributed by atoms with van der Waals surface area (Å²) in [6, 6.07) is 18.2. The number of amides is 2. The fraction of sp³-hybridized carbons (Fsp3) is 0.440. The van der Waals surface area contributed by atoms with Gasteiger partial charge in [-0.2, -0.15) is 0 Å². The molecule has 2 aromatic carbocycles. The molecule has 2 aromatic rings. The molecular formula is C25H33N3O2. The van der Waals surface area contributed by atoms with E-state index < -0.39 is 0 Å². The average molecular weight is 408 g/mol. The maximum absolute atomic E-state index is 12.7. The first kappa shape index (κ1) is 22.0. The summed E-state index contributed by atoms with van der Waals surface area (Å²) in [5.74, 6) is 0.516. The zero-order valence-corrected chi connectivity index (χ0v) is 18.3. The molecule has 1 aliphatic rings. The van der Waals surface area contributed by atoms with Crippen molar-refractivity contribution in [3.8, 4) is 0 Å². The number of hydrogen-bond acceptors (Lipinski definition) is 3. The molecule has 0 aliphatic carbocycles. The number of piperazine rings is 1. The van der Waals surface area contributed by atoms with Gasteiger partial charge in [0.05, 0.1) is 19.0 Å². The molecule has 1 N–H and O–H groups in total. The zero-order chi connectivity index (χ0) is 21.5. The lowest BCUT2D eigenvalue weighted by atomic mass is 9.96. The minimum Gasteiger partial charge on any atom is -0.348 e. The fourth-order valence-corrected chi connectivity index (χ4v) is 3.96. The van der Waals surface area contributed by atoms with E-state index in [4.69, 9.17) is 0 Å². The van der Waals surface area contributed by atoms with Gasteiger partial charge in [0.15, 0.2) is 0 Å². The third kappa shape index (κ3) is 5.92. The molecule has 0 radical (unpaired) electrons. The third-order valence-corrected chi connectivity index (χ3v) is 5.84. The molecule has 30 heavy (non-hydrogen) atoms. The van der Waals surface area contributed by atoms with E-state index in [1.54, 1.807) is 0 Å². The molecule has 160 valence electrons. The van der Waals surface area contributed by atoms with Crippen LogP contribution < -0.4 is 5.32 Å². The van der Waals surface area contributed by atoms with Gasteiger partial charge in [0.25, 0.3) is 0 Å². The molecule has 1 heterocycles. The highest BCUT2D eigenvalue weighted by Crippen LogP contribution is 2.21. The van der Waals surface area contributed by atoms with Gasteiger partial charge in [0.2, 0.25) is 11.8 Å². The molecule has 1 fully saturated rings. The van der Waals surface area contributed by atoms with Crippen molar-refractivity contribution < 1.29 is 9.59 Å². The van der Waals surface area contributed by atoms with Crippen LogP contribution in [0.15, 0.2) is 54.6 Å². The van der Waals surface area contributed by atoms with Gasteiger partial charge in [-0.25, -0.2) is 0 Å². The van der Waals surface area contributed by atoms with E-state index >= 15 is 0 Å². The Bertz CT molecular complexity index is 842. The van der Waals surface area contributed by atoms with Gasteiger partial charge in [-0.3, -0.25) is 14.5 Å². The zero-order valence-electron chi connectivity index (χ0n) is 18.3. The van der Waals surface area contributed by atoms with Crippen LogP contribution in [0.2, 0.25) is 0 Å². The number of carbonyl (C=O) groups is 2. The van der Waals surface area contributed by atoms with Crippen LogP contribution in [-0.4, -0.2) is 54.3 Å². The summed E-state index contributed by atoms with van der Waals surface area (Å²) in [5, 5.41) is 3.19. The second-order valence-corrected chi connectivity index (χ2v) is 8.46. The molecule has 2 amide bonds. The van der Waals surface area contributed by atoms with E-state index in [2.05, 4.69) is 36.2 Å². The van der Waals surface area contributed by atoms with Crippen molar-refractivity contribution in [1.82, 2.24) is 15.1 Å². The van der Waals surface area contributed by atoms with Gasteiger partial charge in [-0.1, -0.05) is 68.4 Å². The molecular weight excluding hydrogens is 374 g/mol. The Balaban J connectivity index is 1.47. The minimum atomic E-state index is 0.00989. The monoisotopic (exact) mass is 407 g/mol. The van der Waals surface area contributed by atoms with Gasteiger partial charge in [0.1, 0.15) is 0 Å². The van der Waals surface area contributed by atoms with Crippen LogP contribution >= 0.6 is 0 Å². The van der Waals surface area contributed by atoms with Gasteiger partial charge < -0.3 is 10.2 Å². The Kier molecular flexibility index (Phi) is 7.63. The van der Waals surface area contributed by atoms with Crippen LogP contribution in [-0.2, 0) is 16.0 Å². The second kappa shape index (κ2) is 10.4. The normalized spacial score (nSPS) is 15.8. The number of nitrogens with zero attached hydrogens (tertiary/aromatic N) is 2.